The van der Waals surface area contributed by atoms with Crippen molar-refractivity contribution in [3.05, 3.63) is 30.0 Å². The Hall–Kier alpha value is -1.38. The van der Waals surface area contributed by atoms with Gasteiger partial charge in [-0.1, -0.05) is 0 Å². The van der Waals surface area contributed by atoms with E-state index < -0.39 is 30.3 Å². The number of carbonyl (C=O) groups excluding carboxylic acids is 1. The smallest absolute Gasteiger partial charge is 0.252 e. The highest BCUT2D eigenvalue weighted by molar-refractivity contribution is 5.93. The summed E-state index contributed by atoms with van der Waals surface area (Å²) in [7, 11) is 1.36. The minimum Gasteiger partial charge on any atom is -0.355 e. The minimum absolute atomic E-state index is 0.270. The molecule has 0 unspecified atom stereocenters. The molecule has 0 saturated heterocycles. The SMILES string of the molecule is [2H]c1nc([2H])c(C(=O)NC)c([2H])c1[2H]. The number of aromatic nitrogens is 1. The van der Waals surface area contributed by atoms with Gasteiger partial charge in [0.1, 0.15) is 0 Å². The molecule has 52 valence electrons. The zero-order chi connectivity index (χ0) is 10.9. The van der Waals surface area contributed by atoms with E-state index >= 15 is 0 Å². The van der Waals surface area contributed by atoms with E-state index in [1.165, 1.54) is 7.05 Å². The average molecular weight is 140 g/mol. The fraction of sp³-hybridized carbons (Fsp3) is 0.143. The highest BCUT2D eigenvalue weighted by Crippen LogP contribution is 1.93. The minimum atomic E-state index is -0.638. The Balaban J connectivity index is 3.44. The van der Waals surface area contributed by atoms with E-state index in [2.05, 4.69) is 10.3 Å². The molecule has 0 bridgehead atoms. The van der Waals surface area contributed by atoms with Crippen molar-refractivity contribution < 1.29 is 10.3 Å². The maximum atomic E-state index is 11.2. The molecule has 0 fully saturated rings. The molecule has 1 rings (SSSR count). The maximum Gasteiger partial charge on any atom is 0.252 e. The van der Waals surface area contributed by atoms with Gasteiger partial charge in [-0.3, -0.25) is 9.78 Å². The first-order chi connectivity index (χ1) is 6.49. The second-order valence-electron chi connectivity index (χ2n) is 1.54. The highest BCUT2D eigenvalue weighted by Gasteiger charge is 1.98. The van der Waals surface area contributed by atoms with E-state index in [9.17, 15) is 4.79 Å². The van der Waals surface area contributed by atoms with Crippen molar-refractivity contribution in [2.75, 3.05) is 7.05 Å². The Labute approximate surface area is 64.7 Å². The monoisotopic (exact) mass is 140 g/mol. The summed E-state index contributed by atoms with van der Waals surface area (Å²) in [4.78, 5) is 14.6. The molecule has 0 radical (unpaired) electrons. The van der Waals surface area contributed by atoms with Gasteiger partial charge in [0.2, 0.25) is 0 Å². The van der Waals surface area contributed by atoms with E-state index in [-0.39, 0.29) is 5.56 Å². The predicted molar refractivity (Wildman–Crippen MR) is 37.6 cm³/mol. The molecule has 0 aliphatic heterocycles. The molecule has 1 aromatic rings. The van der Waals surface area contributed by atoms with Gasteiger partial charge >= 0.3 is 0 Å². The van der Waals surface area contributed by atoms with Gasteiger partial charge in [0, 0.05) is 19.4 Å². The molecule has 1 amide bonds. The summed E-state index contributed by atoms with van der Waals surface area (Å²) in [5.41, 5.74) is -0.270. The number of hydrogen-bond acceptors (Lipinski definition) is 2. The molecule has 1 aromatic heterocycles. The fourth-order valence-electron chi connectivity index (χ4n) is 0.463. The van der Waals surface area contributed by atoms with Crippen molar-refractivity contribution in [1.29, 1.82) is 0 Å². The van der Waals surface area contributed by atoms with Crippen LogP contribution in [0.4, 0.5) is 0 Å². The number of nitrogens with zero attached hydrogens (tertiary/aromatic N) is 1. The fourth-order valence-corrected chi connectivity index (χ4v) is 0.463. The largest absolute Gasteiger partial charge is 0.355 e. The topological polar surface area (TPSA) is 42.0 Å². The van der Waals surface area contributed by atoms with Gasteiger partial charge in [-0.15, -0.1) is 0 Å². The van der Waals surface area contributed by atoms with E-state index in [4.69, 9.17) is 5.48 Å². The quantitative estimate of drug-likeness (QED) is 0.615. The van der Waals surface area contributed by atoms with Gasteiger partial charge in [-0.2, -0.15) is 0 Å². The lowest BCUT2D eigenvalue weighted by atomic mass is 10.3. The first-order valence-corrected chi connectivity index (χ1v) is 2.65. The van der Waals surface area contributed by atoms with Gasteiger partial charge in [-0.05, 0) is 12.1 Å². The lowest BCUT2D eigenvalue weighted by Crippen LogP contribution is -2.17. The first-order valence-electron chi connectivity index (χ1n) is 4.65. The van der Waals surface area contributed by atoms with E-state index in [1.54, 1.807) is 0 Å². The Morgan fingerprint density at radius 1 is 1.90 bits per heavy atom. The van der Waals surface area contributed by atoms with Gasteiger partial charge in [0.15, 0.2) is 0 Å². The second-order valence-corrected chi connectivity index (χ2v) is 1.54. The number of carbonyl (C=O) groups is 1. The van der Waals surface area contributed by atoms with Crippen LogP contribution in [0.3, 0.4) is 0 Å². The number of rotatable bonds is 1. The summed E-state index contributed by atoms with van der Waals surface area (Å²) < 4.78 is 29.0. The maximum absolute atomic E-state index is 11.2. The number of amides is 1. The molecular formula is C7H8N2O. The third-order valence-corrected chi connectivity index (χ3v) is 0.921. The normalized spacial score (nSPS) is 14.5. The summed E-state index contributed by atoms with van der Waals surface area (Å²) in [5.74, 6) is -0.638. The lowest BCUT2D eigenvalue weighted by Gasteiger charge is -1.95. The van der Waals surface area contributed by atoms with Crippen LogP contribution < -0.4 is 5.32 Å². The number of hydrogen-bond donors (Lipinski definition) is 1. The van der Waals surface area contributed by atoms with Gasteiger partial charge in [0.25, 0.3) is 5.91 Å². The van der Waals surface area contributed by atoms with Gasteiger partial charge < -0.3 is 5.32 Å². The Kier molecular flexibility index (Phi) is 0.931. The first kappa shape index (κ1) is 3.14. The molecule has 1 N–H and O–H groups in total. The number of nitrogens with one attached hydrogen (secondary N) is 1. The zero-order valence-electron chi connectivity index (χ0n) is 9.36. The molecular weight excluding hydrogens is 128 g/mol. The summed E-state index contributed by atoms with van der Waals surface area (Å²) in [6, 6.07) is -0.881. The van der Waals surface area contributed by atoms with Gasteiger partial charge in [-0.25, -0.2) is 0 Å². The second kappa shape index (κ2) is 2.96. The summed E-state index contributed by atoms with van der Waals surface area (Å²) in [6.45, 7) is 0. The molecule has 0 saturated carbocycles. The predicted octanol–water partition coefficient (Wildman–Crippen LogP) is 0.441. The molecule has 0 aliphatic carbocycles. The lowest BCUT2D eigenvalue weighted by molar-refractivity contribution is 0.0963. The van der Waals surface area contributed by atoms with E-state index in [1.807, 2.05) is 0 Å². The summed E-state index contributed by atoms with van der Waals surface area (Å²) in [5, 5.41) is 2.25. The molecule has 0 aromatic carbocycles. The van der Waals surface area contributed by atoms with E-state index in [0.717, 1.165) is 0 Å². The standard InChI is InChI=1S/C7H8N2O/c1-8-7(10)6-3-2-4-9-5-6/h2-5H,1H3,(H,8,10)/i2D,3D,4D,5D. The van der Waals surface area contributed by atoms with Crippen LogP contribution in [0.15, 0.2) is 24.4 Å². The van der Waals surface area contributed by atoms with Gasteiger partial charge in [0.05, 0.1) is 11.0 Å². The van der Waals surface area contributed by atoms with Crippen molar-refractivity contribution in [3.63, 3.8) is 0 Å². The van der Waals surface area contributed by atoms with Crippen molar-refractivity contribution >= 4 is 5.91 Å². The average Bonchev–Trinajstić information content (AvgIpc) is 2.14. The summed E-state index contributed by atoms with van der Waals surface area (Å²) in [6.07, 6.45) is -0.914. The Bertz CT molecular complexity index is 394. The Morgan fingerprint density at radius 3 is 3.40 bits per heavy atom. The third kappa shape index (κ3) is 1.31. The van der Waals surface area contributed by atoms with Crippen LogP contribution in [0.25, 0.3) is 0 Å². The van der Waals surface area contributed by atoms with Crippen molar-refractivity contribution in [2.24, 2.45) is 0 Å². The molecule has 0 spiro atoms. The highest BCUT2D eigenvalue weighted by atomic mass is 16.1. The molecule has 0 atom stereocenters. The van der Waals surface area contributed by atoms with Crippen LogP contribution >= 0.6 is 0 Å². The van der Waals surface area contributed by atoms with Crippen LogP contribution in [0.5, 0.6) is 0 Å². The third-order valence-electron chi connectivity index (χ3n) is 0.921. The van der Waals surface area contributed by atoms with Crippen molar-refractivity contribution in [3.8, 4) is 0 Å². The molecule has 1 heterocycles. The van der Waals surface area contributed by atoms with Crippen LogP contribution in [-0.4, -0.2) is 17.9 Å². The van der Waals surface area contributed by atoms with Crippen LogP contribution in [0.1, 0.15) is 15.8 Å². The van der Waals surface area contributed by atoms with Crippen LogP contribution in [-0.2, 0) is 0 Å². The number of pyridine rings is 1. The summed E-state index contributed by atoms with van der Waals surface area (Å²) >= 11 is 0. The van der Waals surface area contributed by atoms with Crippen molar-refractivity contribution in [1.82, 2.24) is 10.3 Å². The van der Waals surface area contributed by atoms with Crippen molar-refractivity contribution in [2.45, 2.75) is 0 Å². The molecule has 3 nitrogen and oxygen atoms in total. The molecule has 0 aliphatic rings. The zero-order valence-corrected chi connectivity index (χ0v) is 5.36. The molecule has 3 heteroatoms. The van der Waals surface area contributed by atoms with Crippen LogP contribution in [0, 0.1) is 0 Å². The molecule has 10 heavy (non-hydrogen) atoms. The van der Waals surface area contributed by atoms with Crippen LogP contribution in [0.2, 0.25) is 0 Å². The Morgan fingerprint density at radius 2 is 2.70 bits per heavy atom. The van der Waals surface area contributed by atoms with E-state index in [0.29, 0.717) is 0 Å².